The second kappa shape index (κ2) is 10.9. The molecular weight excluding hydrogens is 408 g/mol. The van der Waals surface area contributed by atoms with Crippen LogP contribution < -0.4 is 0 Å². The van der Waals surface area contributed by atoms with Crippen LogP contribution in [0.2, 0.25) is 0 Å². The lowest BCUT2D eigenvalue weighted by molar-refractivity contribution is -0.0865. The van der Waals surface area contributed by atoms with Gasteiger partial charge in [0, 0.05) is 0 Å². The van der Waals surface area contributed by atoms with E-state index in [1.807, 2.05) is 0 Å². The first-order valence-corrected chi connectivity index (χ1v) is 10.3. The van der Waals surface area contributed by atoms with Crippen LogP contribution >= 0.6 is 0 Å². The van der Waals surface area contributed by atoms with Crippen LogP contribution in [0.5, 0.6) is 0 Å². The van der Waals surface area contributed by atoms with E-state index in [0.29, 0.717) is 16.7 Å². The molecule has 0 aliphatic heterocycles. The zero-order chi connectivity index (χ0) is 22.8. The largest absolute Gasteiger partial charge is 0.458 e. The Kier molecular flexibility index (Phi) is 7.75. The maximum absolute atomic E-state index is 12.7. The Hall–Kier alpha value is -3.93. The van der Waals surface area contributed by atoms with Gasteiger partial charge in [-0.05, 0) is 42.8 Å². The van der Waals surface area contributed by atoms with Crippen molar-refractivity contribution in [3.63, 3.8) is 0 Å². The van der Waals surface area contributed by atoms with Gasteiger partial charge in [0.15, 0.2) is 5.60 Å². The third-order valence-corrected chi connectivity index (χ3v) is 4.91. The average Bonchev–Trinajstić information content (AvgIpc) is 2.86. The summed E-state index contributed by atoms with van der Waals surface area (Å²) in [6.07, 6.45) is 0.260. The Morgan fingerprint density at radius 2 is 0.938 bits per heavy atom. The molecule has 0 unspecified atom stereocenters. The first-order chi connectivity index (χ1) is 15.5. The van der Waals surface area contributed by atoms with Gasteiger partial charge in [0.25, 0.3) is 0 Å². The molecule has 0 fully saturated rings. The molecule has 0 heterocycles. The maximum Gasteiger partial charge on any atom is 0.338 e. The van der Waals surface area contributed by atoms with Gasteiger partial charge in [-0.1, -0.05) is 61.5 Å². The van der Waals surface area contributed by atoms with Crippen LogP contribution in [0.1, 0.15) is 44.4 Å². The minimum absolute atomic E-state index is 0.260. The Bertz CT molecular complexity index is 976. The number of rotatable bonds is 9. The topological polar surface area (TPSA) is 78.9 Å². The normalized spacial score (nSPS) is 10.8. The predicted octanol–water partition coefficient (Wildman–Crippen LogP) is 4.71. The average molecular weight is 432 g/mol. The van der Waals surface area contributed by atoms with E-state index in [1.165, 1.54) is 0 Å². The fourth-order valence-corrected chi connectivity index (χ4v) is 2.92. The van der Waals surface area contributed by atoms with Crippen LogP contribution in [0.25, 0.3) is 0 Å². The lowest BCUT2D eigenvalue weighted by Gasteiger charge is -2.31. The fourth-order valence-electron chi connectivity index (χ4n) is 2.92. The summed E-state index contributed by atoms with van der Waals surface area (Å²) in [5.41, 5.74) is -0.266. The first kappa shape index (κ1) is 22.7. The molecule has 3 aromatic rings. The van der Waals surface area contributed by atoms with Crippen molar-refractivity contribution in [2.75, 3.05) is 13.2 Å². The number of hydrogen-bond acceptors (Lipinski definition) is 6. The van der Waals surface area contributed by atoms with Crippen molar-refractivity contribution in [1.29, 1.82) is 0 Å². The molecular formula is C26H24O6. The molecule has 3 aromatic carbocycles. The van der Waals surface area contributed by atoms with E-state index in [1.54, 1.807) is 97.9 Å². The number of esters is 3. The van der Waals surface area contributed by atoms with Crippen LogP contribution in [0.3, 0.4) is 0 Å². The maximum atomic E-state index is 12.7. The number of hydrogen-bond donors (Lipinski definition) is 0. The summed E-state index contributed by atoms with van der Waals surface area (Å²) in [5.74, 6) is -1.72. The highest BCUT2D eigenvalue weighted by atomic mass is 16.6. The quantitative estimate of drug-likeness (QED) is 0.360. The molecule has 0 atom stereocenters. The van der Waals surface area contributed by atoms with Crippen molar-refractivity contribution in [2.24, 2.45) is 0 Å². The van der Waals surface area contributed by atoms with Crippen LogP contribution in [0.15, 0.2) is 91.0 Å². The van der Waals surface area contributed by atoms with Gasteiger partial charge in [-0.2, -0.15) is 0 Å². The lowest BCUT2D eigenvalue weighted by Crippen LogP contribution is -2.45. The van der Waals surface area contributed by atoms with Crippen LogP contribution in [0, 0.1) is 0 Å². The van der Waals surface area contributed by atoms with E-state index in [2.05, 4.69) is 0 Å². The second-order valence-electron chi connectivity index (χ2n) is 7.18. The van der Waals surface area contributed by atoms with Crippen molar-refractivity contribution in [2.45, 2.75) is 18.9 Å². The number of carbonyl (C=O) groups is 3. The van der Waals surface area contributed by atoms with E-state index < -0.39 is 23.5 Å². The Labute approximate surface area is 186 Å². The minimum Gasteiger partial charge on any atom is -0.458 e. The lowest BCUT2D eigenvalue weighted by atomic mass is 10.0. The highest BCUT2D eigenvalue weighted by molar-refractivity contribution is 5.91. The van der Waals surface area contributed by atoms with Crippen molar-refractivity contribution >= 4 is 17.9 Å². The second-order valence-corrected chi connectivity index (χ2v) is 7.18. The molecule has 0 amide bonds. The van der Waals surface area contributed by atoms with E-state index in [0.717, 1.165) is 0 Å². The highest BCUT2D eigenvalue weighted by Crippen LogP contribution is 2.22. The summed E-state index contributed by atoms with van der Waals surface area (Å²) in [5, 5.41) is 0. The van der Waals surface area contributed by atoms with Gasteiger partial charge in [0.2, 0.25) is 0 Å². The van der Waals surface area contributed by atoms with Crippen LogP contribution in [0.4, 0.5) is 0 Å². The van der Waals surface area contributed by atoms with Gasteiger partial charge in [0.1, 0.15) is 13.2 Å². The molecule has 6 nitrogen and oxygen atoms in total. The van der Waals surface area contributed by atoms with Crippen molar-refractivity contribution < 1.29 is 28.6 Å². The van der Waals surface area contributed by atoms with Crippen molar-refractivity contribution in [3.8, 4) is 0 Å². The molecule has 164 valence electrons. The zero-order valence-corrected chi connectivity index (χ0v) is 17.7. The van der Waals surface area contributed by atoms with Gasteiger partial charge in [-0.3, -0.25) is 0 Å². The Morgan fingerprint density at radius 1 is 0.594 bits per heavy atom. The highest BCUT2D eigenvalue weighted by Gasteiger charge is 2.37. The van der Waals surface area contributed by atoms with Gasteiger partial charge in [-0.25, -0.2) is 14.4 Å². The summed E-state index contributed by atoms with van der Waals surface area (Å²) >= 11 is 0. The van der Waals surface area contributed by atoms with Gasteiger partial charge in [-0.15, -0.1) is 0 Å². The van der Waals surface area contributed by atoms with Gasteiger partial charge < -0.3 is 14.2 Å². The van der Waals surface area contributed by atoms with Gasteiger partial charge in [0.05, 0.1) is 16.7 Å². The van der Waals surface area contributed by atoms with E-state index in [-0.39, 0.29) is 19.6 Å². The SMILES string of the molecule is CCC(COC(=O)c1ccccc1)(COC(=O)c1ccccc1)OC(=O)c1ccccc1. The summed E-state index contributed by atoms with van der Waals surface area (Å²) in [6.45, 7) is 1.24. The molecule has 3 rings (SSSR count). The molecule has 0 bridgehead atoms. The first-order valence-electron chi connectivity index (χ1n) is 10.3. The van der Waals surface area contributed by atoms with Crippen molar-refractivity contribution in [3.05, 3.63) is 108 Å². The summed E-state index contributed by atoms with van der Waals surface area (Å²) in [4.78, 5) is 37.6. The molecule has 0 saturated carbocycles. The Morgan fingerprint density at radius 3 is 1.28 bits per heavy atom. The molecule has 0 radical (unpaired) electrons. The molecule has 0 saturated heterocycles. The molecule has 0 N–H and O–H groups in total. The third kappa shape index (κ3) is 6.04. The molecule has 32 heavy (non-hydrogen) atoms. The van der Waals surface area contributed by atoms with Crippen LogP contribution in [-0.4, -0.2) is 36.7 Å². The summed E-state index contributed by atoms with van der Waals surface area (Å²) in [7, 11) is 0. The summed E-state index contributed by atoms with van der Waals surface area (Å²) in [6, 6.07) is 25.4. The zero-order valence-electron chi connectivity index (χ0n) is 17.7. The predicted molar refractivity (Wildman–Crippen MR) is 118 cm³/mol. The van der Waals surface area contributed by atoms with Gasteiger partial charge >= 0.3 is 17.9 Å². The van der Waals surface area contributed by atoms with Crippen molar-refractivity contribution in [1.82, 2.24) is 0 Å². The van der Waals surface area contributed by atoms with E-state index >= 15 is 0 Å². The monoisotopic (exact) mass is 432 g/mol. The molecule has 6 heteroatoms. The molecule has 0 aromatic heterocycles. The molecule has 0 aliphatic rings. The third-order valence-electron chi connectivity index (χ3n) is 4.91. The fraction of sp³-hybridized carbons (Fsp3) is 0.192. The standard InChI is InChI=1S/C26H24O6/c1-2-26(32-25(29)22-16-10-5-11-17-22,18-30-23(27)20-12-6-3-7-13-20)19-31-24(28)21-14-8-4-9-15-21/h3-17H,2,18-19H2,1H3. The number of ether oxygens (including phenoxy) is 3. The Balaban J connectivity index is 1.76. The van der Waals surface area contributed by atoms with E-state index in [9.17, 15) is 14.4 Å². The molecule has 0 aliphatic carbocycles. The van der Waals surface area contributed by atoms with Crippen LogP contribution in [-0.2, 0) is 14.2 Å². The smallest absolute Gasteiger partial charge is 0.338 e. The van der Waals surface area contributed by atoms with E-state index in [4.69, 9.17) is 14.2 Å². The number of benzene rings is 3. The number of carbonyl (C=O) groups excluding carboxylic acids is 3. The minimum atomic E-state index is -1.35. The summed E-state index contributed by atoms with van der Waals surface area (Å²) < 4.78 is 16.7. The molecule has 0 spiro atoms.